The first-order chi connectivity index (χ1) is 4.34. The molecule has 0 aromatic heterocycles. The predicted molar refractivity (Wildman–Crippen MR) is 40.4 cm³/mol. The molecular formula is C8H17N. The Labute approximate surface area is 57.8 Å². The monoisotopic (exact) mass is 127 g/mol. The molecule has 0 amide bonds. The van der Waals surface area contributed by atoms with E-state index in [1.54, 1.807) is 0 Å². The van der Waals surface area contributed by atoms with E-state index in [4.69, 9.17) is 0 Å². The molecule has 9 heavy (non-hydrogen) atoms. The van der Waals surface area contributed by atoms with Gasteiger partial charge in [-0.05, 0) is 31.8 Å². The van der Waals surface area contributed by atoms with Crippen LogP contribution in [0.2, 0.25) is 0 Å². The fraction of sp³-hybridized carbons (Fsp3) is 1.00. The molecule has 0 saturated heterocycles. The Morgan fingerprint density at radius 3 is 2.67 bits per heavy atom. The van der Waals surface area contributed by atoms with Crippen molar-refractivity contribution in [2.45, 2.75) is 26.2 Å². The van der Waals surface area contributed by atoms with Crippen LogP contribution in [0.1, 0.15) is 26.2 Å². The Bertz CT molecular complexity index is 80.6. The molecule has 54 valence electrons. The van der Waals surface area contributed by atoms with E-state index in [0.717, 1.165) is 11.8 Å². The standard InChI is InChI=1S/C8H17N/c1-7-4-3-5-8(7)6-9-2/h7-9H,3-6H2,1-2H3/t7-,8-/m0/s1. The smallest absolute Gasteiger partial charge is 0.00210 e. The van der Waals surface area contributed by atoms with Gasteiger partial charge in [0.05, 0.1) is 0 Å². The molecule has 2 atom stereocenters. The number of hydrogen-bond donors (Lipinski definition) is 1. The second-order valence-corrected chi connectivity index (χ2v) is 3.23. The lowest BCUT2D eigenvalue weighted by Crippen LogP contribution is -2.20. The molecule has 1 nitrogen and oxygen atoms in total. The summed E-state index contributed by atoms with van der Waals surface area (Å²) in [5, 5.41) is 3.24. The van der Waals surface area contributed by atoms with Gasteiger partial charge in [0.25, 0.3) is 0 Å². The van der Waals surface area contributed by atoms with Crippen molar-refractivity contribution in [2.75, 3.05) is 13.6 Å². The molecule has 0 bridgehead atoms. The molecule has 1 N–H and O–H groups in total. The number of rotatable bonds is 2. The zero-order valence-corrected chi connectivity index (χ0v) is 6.48. The Kier molecular flexibility index (Phi) is 2.52. The highest BCUT2D eigenvalue weighted by molar-refractivity contribution is 4.74. The zero-order chi connectivity index (χ0) is 6.69. The van der Waals surface area contributed by atoms with E-state index in [-0.39, 0.29) is 0 Å². The molecule has 0 unspecified atom stereocenters. The highest BCUT2D eigenvalue weighted by Crippen LogP contribution is 2.30. The first-order valence-corrected chi connectivity index (χ1v) is 3.99. The summed E-state index contributed by atoms with van der Waals surface area (Å²) >= 11 is 0. The SMILES string of the molecule is CNC[C@@H]1CCC[C@@H]1C. The van der Waals surface area contributed by atoms with Crippen LogP contribution in [0.25, 0.3) is 0 Å². The molecule has 1 heteroatoms. The summed E-state index contributed by atoms with van der Waals surface area (Å²) in [6, 6.07) is 0. The largest absolute Gasteiger partial charge is 0.319 e. The van der Waals surface area contributed by atoms with Crippen molar-refractivity contribution in [3.63, 3.8) is 0 Å². The number of hydrogen-bond acceptors (Lipinski definition) is 1. The van der Waals surface area contributed by atoms with Gasteiger partial charge in [0, 0.05) is 0 Å². The van der Waals surface area contributed by atoms with Gasteiger partial charge in [-0.2, -0.15) is 0 Å². The van der Waals surface area contributed by atoms with Crippen molar-refractivity contribution in [1.82, 2.24) is 5.32 Å². The average molecular weight is 127 g/mol. The molecule has 0 spiro atoms. The predicted octanol–water partition coefficient (Wildman–Crippen LogP) is 1.64. The molecule has 1 aliphatic carbocycles. The molecule has 1 fully saturated rings. The topological polar surface area (TPSA) is 12.0 Å². The lowest BCUT2D eigenvalue weighted by Gasteiger charge is -2.13. The van der Waals surface area contributed by atoms with Gasteiger partial charge >= 0.3 is 0 Å². The third-order valence-electron chi connectivity index (χ3n) is 2.51. The van der Waals surface area contributed by atoms with Crippen LogP contribution in [0.5, 0.6) is 0 Å². The summed E-state index contributed by atoms with van der Waals surface area (Å²) in [5.41, 5.74) is 0. The van der Waals surface area contributed by atoms with E-state index < -0.39 is 0 Å². The Morgan fingerprint density at radius 1 is 1.44 bits per heavy atom. The Morgan fingerprint density at radius 2 is 2.22 bits per heavy atom. The van der Waals surface area contributed by atoms with Gasteiger partial charge in [-0.15, -0.1) is 0 Å². The quantitative estimate of drug-likeness (QED) is 0.594. The summed E-state index contributed by atoms with van der Waals surface area (Å²) in [6.45, 7) is 3.59. The van der Waals surface area contributed by atoms with E-state index in [1.165, 1.54) is 25.8 Å². The van der Waals surface area contributed by atoms with Gasteiger partial charge in [-0.3, -0.25) is 0 Å². The lowest BCUT2D eigenvalue weighted by molar-refractivity contribution is 0.405. The minimum atomic E-state index is 0.968. The first kappa shape index (κ1) is 7.07. The summed E-state index contributed by atoms with van der Waals surface area (Å²) < 4.78 is 0. The normalized spacial score (nSPS) is 35.3. The van der Waals surface area contributed by atoms with Crippen molar-refractivity contribution in [1.29, 1.82) is 0 Å². The molecule has 0 aromatic carbocycles. The van der Waals surface area contributed by atoms with Crippen LogP contribution >= 0.6 is 0 Å². The second kappa shape index (κ2) is 3.21. The van der Waals surface area contributed by atoms with Gasteiger partial charge in [-0.25, -0.2) is 0 Å². The van der Waals surface area contributed by atoms with Crippen LogP contribution in [0, 0.1) is 11.8 Å². The molecule has 1 saturated carbocycles. The van der Waals surface area contributed by atoms with Crippen LogP contribution < -0.4 is 5.32 Å². The third kappa shape index (κ3) is 1.68. The lowest BCUT2D eigenvalue weighted by atomic mass is 9.98. The summed E-state index contributed by atoms with van der Waals surface area (Å²) in [5.74, 6) is 1.94. The van der Waals surface area contributed by atoms with Crippen LogP contribution in [0.15, 0.2) is 0 Å². The van der Waals surface area contributed by atoms with Gasteiger partial charge in [0.15, 0.2) is 0 Å². The van der Waals surface area contributed by atoms with Crippen molar-refractivity contribution in [2.24, 2.45) is 11.8 Å². The highest BCUT2D eigenvalue weighted by atomic mass is 14.8. The molecule has 1 aliphatic rings. The van der Waals surface area contributed by atoms with Crippen molar-refractivity contribution >= 4 is 0 Å². The average Bonchev–Trinajstić information content (AvgIpc) is 2.18. The van der Waals surface area contributed by atoms with E-state index >= 15 is 0 Å². The van der Waals surface area contributed by atoms with E-state index in [0.29, 0.717) is 0 Å². The van der Waals surface area contributed by atoms with Gasteiger partial charge in [0.1, 0.15) is 0 Å². The van der Waals surface area contributed by atoms with Crippen LogP contribution in [-0.4, -0.2) is 13.6 Å². The van der Waals surface area contributed by atoms with Crippen molar-refractivity contribution in [3.05, 3.63) is 0 Å². The molecular weight excluding hydrogens is 110 g/mol. The van der Waals surface area contributed by atoms with Gasteiger partial charge in [0.2, 0.25) is 0 Å². The second-order valence-electron chi connectivity index (χ2n) is 3.23. The Balaban J connectivity index is 2.22. The summed E-state index contributed by atoms with van der Waals surface area (Å²) in [7, 11) is 2.05. The van der Waals surface area contributed by atoms with Crippen LogP contribution in [0.4, 0.5) is 0 Å². The number of nitrogens with one attached hydrogen (secondary N) is 1. The minimum Gasteiger partial charge on any atom is -0.319 e. The van der Waals surface area contributed by atoms with Gasteiger partial charge in [-0.1, -0.05) is 19.8 Å². The molecule has 1 rings (SSSR count). The minimum absolute atomic E-state index is 0.968. The first-order valence-electron chi connectivity index (χ1n) is 3.99. The molecule has 0 aromatic rings. The van der Waals surface area contributed by atoms with E-state index in [2.05, 4.69) is 12.2 Å². The van der Waals surface area contributed by atoms with Crippen molar-refractivity contribution in [3.8, 4) is 0 Å². The van der Waals surface area contributed by atoms with Crippen LogP contribution in [0.3, 0.4) is 0 Å². The Hall–Kier alpha value is -0.0400. The molecule has 0 heterocycles. The summed E-state index contributed by atoms with van der Waals surface area (Å²) in [4.78, 5) is 0. The van der Waals surface area contributed by atoms with Crippen LogP contribution in [-0.2, 0) is 0 Å². The van der Waals surface area contributed by atoms with Gasteiger partial charge < -0.3 is 5.32 Å². The maximum absolute atomic E-state index is 3.24. The van der Waals surface area contributed by atoms with E-state index in [9.17, 15) is 0 Å². The summed E-state index contributed by atoms with van der Waals surface area (Å²) in [6.07, 6.45) is 4.35. The molecule has 0 radical (unpaired) electrons. The maximum atomic E-state index is 3.24. The third-order valence-corrected chi connectivity index (χ3v) is 2.51. The molecule has 0 aliphatic heterocycles. The highest BCUT2D eigenvalue weighted by Gasteiger charge is 2.21. The zero-order valence-electron chi connectivity index (χ0n) is 6.48. The fourth-order valence-electron chi connectivity index (χ4n) is 1.79. The maximum Gasteiger partial charge on any atom is -0.00210 e. The van der Waals surface area contributed by atoms with Crippen molar-refractivity contribution < 1.29 is 0 Å². The fourth-order valence-corrected chi connectivity index (χ4v) is 1.79. The van der Waals surface area contributed by atoms with E-state index in [1.807, 2.05) is 7.05 Å².